The molecule has 0 fully saturated rings. The molecule has 3 N–H and O–H groups in total. The third-order valence-corrected chi connectivity index (χ3v) is 4.92. The third kappa shape index (κ3) is 2.83. The van der Waals surface area contributed by atoms with Gasteiger partial charge in [0.05, 0.1) is 10.2 Å². The van der Waals surface area contributed by atoms with Crippen LogP contribution >= 0.6 is 23.1 Å². The molecule has 0 bridgehead atoms. The second kappa shape index (κ2) is 5.11. The number of hydrogen-bond acceptors (Lipinski definition) is 5. The number of anilines is 1. The standard InChI is InChI=1S/C14H12N2OS2/c15-10-3-6-12-13(7-10)19-14(16-12)18-8-9-1-4-11(17)5-2-9/h1-7,17H,8,15H2. The van der Waals surface area contributed by atoms with Crippen molar-refractivity contribution in [2.24, 2.45) is 0 Å². The first-order valence-corrected chi connectivity index (χ1v) is 7.58. The van der Waals surface area contributed by atoms with Crippen LogP contribution in [0.2, 0.25) is 0 Å². The third-order valence-electron chi connectivity index (χ3n) is 2.69. The molecule has 1 heterocycles. The van der Waals surface area contributed by atoms with Gasteiger partial charge in [0.1, 0.15) is 5.75 Å². The molecule has 0 saturated carbocycles. The van der Waals surface area contributed by atoms with Crippen LogP contribution in [-0.4, -0.2) is 10.1 Å². The molecule has 3 rings (SSSR count). The van der Waals surface area contributed by atoms with Gasteiger partial charge in [0.15, 0.2) is 4.34 Å². The van der Waals surface area contributed by atoms with Gasteiger partial charge in [0.25, 0.3) is 0 Å². The number of fused-ring (bicyclic) bond motifs is 1. The minimum absolute atomic E-state index is 0.296. The molecule has 0 amide bonds. The van der Waals surface area contributed by atoms with E-state index in [1.54, 1.807) is 35.2 Å². The molecule has 0 aliphatic rings. The van der Waals surface area contributed by atoms with E-state index in [2.05, 4.69) is 4.98 Å². The number of aromatic nitrogens is 1. The highest BCUT2D eigenvalue weighted by molar-refractivity contribution is 8.00. The molecule has 3 aromatic rings. The molecule has 5 heteroatoms. The highest BCUT2D eigenvalue weighted by atomic mass is 32.2. The molecule has 1 aromatic heterocycles. The van der Waals surface area contributed by atoms with Gasteiger partial charge in [-0.1, -0.05) is 23.9 Å². The van der Waals surface area contributed by atoms with Crippen molar-refractivity contribution in [3.63, 3.8) is 0 Å². The van der Waals surface area contributed by atoms with Gasteiger partial charge in [-0.25, -0.2) is 4.98 Å². The van der Waals surface area contributed by atoms with Gasteiger partial charge in [-0.05, 0) is 35.9 Å². The second-order valence-corrected chi connectivity index (χ2v) is 6.42. The number of phenols is 1. The fourth-order valence-corrected chi connectivity index (χ4v) is 3.79. The molecule has 0 saturated heterocycles. The number of nitrogen functional groups attached to an aromatic ring is 1. The number of thiazole rings is 1. The minimum Gasteiger partial charge on any atom is -0.508 e. The van der Waals surface area contributed by atoms with E-state index < -0.39 is 0 Å². The summed E-state index contributed by atoms with van der Waals surface area (Å²) < 4.78 is 2.15. The Morgan fingerprint density at radius 2 is 1.95 bits per heavy atom. The largest absolute Gasteiger partial charge is 0.508 e. The van der Waals surface area contributed by atoms with E-state index in [0.29, 0.717) is 5.75 Å². The number of rotatable bonds is 3. The van der Waals surface area contributed by atoms with Crippen molar-refractivity contribution < 1.29 is 5.11 Å². The van der Waals surface area contributed by atoms with Crippen molar-refractivity contribution in [1.82, 2.24) is 4.98 Å². The lowest BCUT2D eigenvalue weighted by atomic mass is 10.2. The fourth-order valence-electron chi connectivity index (χ4n) is 1.72. The fraction of sp³-hybridized carbons (Fsp3) is 0.0714. The number of hydrogen-bond donors (Lipinski definition) is 2. The summed E-state index contributed by atoms with van der Waals surface area (Å²) in [5.74, 6) is 1.14. The highest BCUT2D eigenvalue weighted by Crippen LogP contribution is 2.32. The molecule has 96 valence electrons. The SMILES string of the molecule is Nc1ccc2nc(SCc3ccc(O)cc3)sc2c1. The van der Waals surface area contributed by atoms with Crippen LogP contribution in [0.5, 0.6) is 5.75 Å². The van der Waals surface area contributed by atoms with Gasteiger partial charge in [-0.2, -0.15) is 0 Å². The molecular formula is C14H12N2OS2. The molecule has 2 aromatic carbocycles. The van der Waals surface area contributed by atoms with Crippen LogP contribution in [-0.2, 0) is 5.75 Å². The van der Waals surface area contributed by atoms with Crippen molar-refractivity contribution in [2.75, 3.05) is 5.73 Å². The maximum Gasteiger partial charge on any atom is 0.151 e. The molecular weight excluding hydrogens is 276 g/mol. The van der Waals surface area contributed by atoms with Crippen LogP contribution in [0.15, 0.2) is 46.8 Å². The Morgan fingerprint density at radius 1 is 1.16 bits per heavy atom. The van der Waals surface area contributed by atoms with Gasteiger partial charge in [0, 0.05) is 11.4 Å². The van der Waals surface area contributed by atoms with Crippen LogP contribution in [0.4, 0.5) is 5.69 Å². The molecule has 19 heavy (non-hydrogen) atoms. The van der Waals surface area contributed by atoms with Gasteiger partial charge in [-0.15, -0.1) is 11.3 Å². The lowest BCUT2D eigenvalue weighted by Gasteiger charge is -1.98. The molecule has 0 radical (unpaired) electrons. The Balaban J connectivity index is 1.76. The Bertz CT molecular complexity index is 707. The van der Waals surface area contributed by atoms with Crippen molar-refractivity contribution in [3.8, 4) is 5.75 Å². The maximum absolute atomic E-state index is 9.23. The van der Waals surface area contributed by atoms with Crippen molar-refractivity contribution in [1.29, 1.82) is 0 Å². The summed E-state index contributed by atoms with van der Waals surface area (Å²) in [6.07, 6.45) is 0. The summed E-state index contributed by atoms with van der Waals surface area (Å²) in [6, 6.07) is 13.0. The Labute approximate surface area is 119 Å². The average molecular weight is 288 g/mol. The highest BCUT2D eigenvalue weighted by Gasteiger charge is 2.05. The van der Waals surface area contributed by atoms with Gasteiger partial charge in [0.2, 0.25) is 0 Å². The van der Waals surface area contributed by atoms with Crippen LogP contribution in [0.1, 0.15) is 5.56 Å². The number of benzene rings is 2. The predicted octanol–water partition coefficient (Wildman–Crippen LogP) is 3.88. The monoisotopic (exact) mass is 288 g/mol. The van der Waals surface area contributed by atoms with Crippen molar-refractivity contribution >= 4 is 39.0 Å². The summed E-state index contributed by atoms with van der Waals surface area (Å²) in [5, 5.41) is 9.23. The summed E-state index contributed by atoms with van der Waals surface area (Å²) in [6.45, 7) is 0. The zero-order chi connectivity index (χ0) is 13.2. The predicted molar refractivity (Wildman–Crippen MR) is 81.7 cm³/mol. The lowest BCUT2D eigenvalue weighted by Crippen LogP contribution is -1.81. The first kappa shape index (κ1) is 12.3. The molecule has 0 aliphatic carbocycles. The van der Waals surface area contributed by atoms with E-state index in [1.807, 2.05) is 30.3 Å². The van der Waals surface area contributed by atoms with Gasteiger partial charge < -0.3 is 10.8 Å². The van der Waals surface area contributed by atoms with Crippen LogP contribution in [0.3, 0.4) is 0 Å². The number of thioether (sulfide) groups is 1. The molecule has 0 atom stereocenters. The van der Waals surface area contributed by atoms with E-state index in [-0.39, 0.29) is 0 Å². The van der Waals surface area contributed by atoms with E-state index >= 15 is 0 Å². The number of nitrogens with zero attached hydrogens (tertiary/aromatic N) is 1. The molecule has 0 aliphatic heterocycles. The van der Waals surface area contributed by atoms with Crippen LogP contribution in [0.25, 0.3) is 10.2 Å². The summed E-state index contributed by atoms with van der Waals surface area (Å²) in [4.78, 5) is 4.56. The smallest absolute Gasteiger partial charge is 0.151 e. The Kier molecular flexibility index (Phi) is 3.31. The van der Waals surface area contributed by atoms with Gasteiger partial charge in [-0.3, -0.25) is 0 Å². The number of nitrogens with two attached hydrogens (primary N) is 1. The second-order valence-electron chi connectivity index (χ2n) is 4.16. The van der Waals surface area contributed by atoms with Crippen molar-refractivity contribution in [3.05, 3.63) is 48.0 Å². The van der Waals surface area contributed by atoms with Crippen LogP contribution < -0.4 is 5.73 Å². The lowest BCUT2D eigenvalue weighted by molar-refractivity contribution is 0.475. The van der Waals surface area contributed by atoms with E-state index in [0.717, 1.165) is 26.0 Å². The first-order chi connectivity index (χ1) is 9.20. The number of aromatic hydroxyl groups is 1. The zero-order valence-electron chi connectivity index (χ0n) is 10.0. The number of phenolic OH excluding ortho intramolecular Hbond substituents is 1. The topological polar surface area (TPSA) is 59.1 Å². The summed E-state index contributed by atoms with van der Waals surface area (Å²) in [5.41, 5.74) is 8.69. The molecule has 3 nitrogen and oxygen atoms in total. The average Bonchev–Trinajstić information content (AvgIpc) is 2.80. The summed E-state index contributed by atoms with van der Waals surface area (Å²) >= 11 is 3.35. The molecule has 0 spiro atoms. The van der Waals surface area contributed by atoms with Gasteiger partial charge >= 0.3 is 0 Å². The van der Waals surface area contributed by atoms with E-state index in [9.17, 15) is 5.11 Å². The van der Waals surface area contributed by atoms with Crippen LogP contribution in [0, 0.1) is 0 Å². The Hall–Kier alpha value is -1.72. The quantitative estimate of drug-likeness (QED) is 0.567. The Morgan fingerprint density at radius 3 is 2.74 bits per heavy atom. The van der Waals surface area contributed by atoms with E-state index in [1.165, 1.54) is 5.56 Å². The maximum atomic E-state index is 9.23. The normalized spacial score (nSPS) is 10.9. The van der Waals surface area contributed by atoms with Crippen molar-refractivity contribution in [2.45, 2.75) is 10.1 Å². The van der Waals surface area contributed by atoms with E-state index in [4.69, 9.17) is 5.73 Å². The minimum atomic E-state index is 0.296. The zero-order valence-corrected chi connectivity index (χ0v) is 11.7. The first-order valence-electron chi connectivity index (χ1n) is 5.77. The molecule has 0 unspecified atom stereocenters. The summed E-state index contributed by atoms with van der Waals surface area (Å²) in [7, 11) is 0.